The molecule has 1 rings (SSSR count). The van der Waals surface area contributed by atoms with Gasteiger partial charge in [0.1, 0.15) is 5.56 Å². The molecular formula is C12H15ClN2O3S. The number of carbonyl (C=O) groups excluding carboxylic acids is 1. The Morgan fingerprint density at radius 2 is 2.16 bits per heavy atom. The van der Waals surface area contributed by atoms with E-state index in [4.69, 9.17) is 16.7 Å². The molecule has 0 aromatic heterocycles. The summed E-state index contributed by atoms with van der Waals surface area (Å²) in [6.45, 7) is 1.87. The van der Waals surface area contributed by atoms with Gasteiger partial charge in [-0.25, -0.2) is 9.59 Å². The van der Waals surface area contributed by atoms with E-state index in [-0.39, 0.29) is 22.3 Å². The van der Waals surface area contributed by atoms with E-state index in [0.29, 0.717) is 0 Å². The highest BCUT2D eigenvalue weighted by molar-refractivity contribution is 7.98. The Balaban J connectivity index is 2.80. The molecule has 7 heteroatoms. The first-order chi connectivity index (χ1) is 8.95. The molecule has 0 aliphatic heterocycles. The lowest BCUT2D eigenvalue weighted by molar-refractivity contribution is 0.0698. The van der Waals surface area contributed by atoms with Crippen LogP contribution in [-0.2, 0) is 0 Å². The number of carboxylic acid groups (broad SMARTS) is 1. The van der Waals surface area contributed by atoms with Gasteiger partial charge >= 0.3 is 12.0 Å². The highest BCUT2D eigenvalue weighted by Crippen LogP contribution is 2.24. The summed E-state index contributed by atoms with van der Waals surface area (Å²) in [6, 6.07) is 4.07. The highest BCUT2D eigenvalue weighted by Gasteiger charge is 2.16. The molecule has 0 bridgehead atoms. The van der Waals surface area contributed by atoms with Gasteiger partial charge in [-0.05, 0) is 25.3 Å². The van der Waals surface area contributed by atoms with E-state index < -0.39 is 12.0 Å². The third-order valence-corrected chi connectivity index (χ3v) is 3.42. The van der Waals surface area contributed by atoms with Gasteiger partial charge in [0.15, 0.2) is 0 Å². The van der Waals surface area contributed by atoms with Crippen LogP contribution in [0, 0.1) is 0 Å². The summed E-state index contributed by atoms with van der Waals surface area (Å²) in [5, 5.41) is 14.4. The maximum Gasteiger partial charge on any atom is 0.339 e. The smallest absolute Gasteiger partial charge is 0.339 e. The van der Waals surface area contributed by atoms with Crippen LogP contribution in [-0.4, -0.2) is 35.2 Å². The number of urea groups is 1. The molecule has 0 aliphatic rings. The second kappa shape index (κ2) is 7.25. The zero-order valence-electron chi connectivity index (χ0n) is 10.6. The summed E-state index contributed by atoms with van der Waals surface area (Å²) in [6.07, 6.45) is 1.94. The van der Waals surface area contributed by atoms with Crippen LogP contribution in [0.1, 0.15) is 17.3 Å². The van der Waals surface area contributed by atoms with Crippen molar-refractivity contribution >= 4 is 41.1 Å². The minimum absolute atomic E-state index is 0.0116. The number of anilines is 1. The lowest BCUT2D eigenvalue weighted by Gasteiger charge is -2.14. The van der Waals surface area contributed by atoms with Gasteiger partial charge in [-0.1, -0.05) is 17.7 Å². The van der Waals surface area contributed by atoms with Gasteiger partial charge in [0.05, 0.1) is 10.7 Å². The molecule has 1 aromatic rings. The minimum atomic E-state index is -1.18. The molecule has 1 aromatic carbocycles. The van der Waals surface area contributed by atoms with Crippen LogP contribution in [0.25, 0.3) is 0 Å². The molecule has 0 aliphatic carbocycles. The SMILES string of the molecule is CSCC(C)NC(=O)Nc1cccc(Cl)c1C(=O)O. The number of rotatable bonds is 5. The highest BCUT2D eigenvalue weighted by atomic mass is 35.5. The molecule has 0 fully saturated rings. The van der Waals surface area contributed by atoms with Gasteiger partial charge < -0.3 is 15.7 Å². The zero-order valence-corrected chi connectivity index (χ0v) is 12.1. The molecule has 5 nitrogen and oxygen atoms in total. The van der Waals surface area contributed by atoms with Crippen molar-refractivity contribution < 1.29 is 14.7 Å². The van der Waals surface area contributed by atoms with E-state index in [2.05, 4.69) is 10.6 Å². The molecule has 19 heavy (non-hydrogen) atoms. The molecular weight excluding hydrogens is 288 g/mol. The topological polar surface area (TPSA) is 78.4 Å². The number of carbonyl (C=O) groups is 2. The number of thioether (sulfide) groups is 1. The van der Waals surface area contributed by atoms with Crippen LogP contribution >= 0.6 is 23.4 Å². The number of hydrogen-bond donors (Lipinski definition) is 3. The molecule has 1 atom stereocenters. The molecule has 1 unspecified atom stereocenters. The van der Waals surface area contributed by atoms with Gasteiger partial charge in [0.25, 0.3) is 0 Å². The Kier molecular flexibility index (Phi) is 5.98. The van der Waals surface area contributed by atoms with Gasteiger partial charge in [-0.2, -0.15) is 11.8 Å². The standard InChI is InChI=1S/C12H15ClN2O3S/c1-7(6-19-2)14-12(18)15-9-5-3-4-8(13)10(9)11(16)17/h3-5,7H,6H2,1-2H3,(H,16,17)(H2,14,15,18). The first kappa shape index (κ1) is 15.7. The van der Waals surface area contributed by atoms with Crippen LogP contribution in [0.4, 0.5) is 10.5 Å². The molecule has 2 amide bonds. The fourth-order valence-electron chi connectivity index (χ4n) is 1.52. The molecule has 0 radical (unpaired) electrons. The first-order valence-electron chi connectivity index (χ1n) is 5.54. The molecule has 0 heterocycles. The van der Waals surface area contributed by atoms with Crippen molar-refractivity contribution in [3.63, 3.8) is 0 Å². The zero-order chi connectivity index (χ0) is 14.4. The second-order valence-corrected chi connectivity index (χ2v) is 5.24. The van der Waals surface area contributed by atoms with Gasteiger partial charge in [-0.15, -0.1) is 0 Å². The summed E-state index contributed by atoms with van der Waals surface area (Å²) < 4.78 is 0. The third kappa shape index (κ3) is 4.65. The van der Waals surface area contributed by atoms with Gasteiger partial charge in [-0.3, -0.25) is 0 Å². The van der Waals surface area contributed by atoms with Gasteiger partial charge in [0.2, 0.25) is 0 Å². The Bertz CT molecular complexity index is 482. The van der Waals surface area contributed by atoms with Crippen molar-refractivity contribution in [2.24, 2.45) is 0 Å². The van der Waals surface area contributed by atoms with Crippen molar-refractivity contribution in [3.8, 4) is 0 Å². The number of amides is 2. The van der Waals surface area contributed by atoms with Gasteiger partial charge in [0, 0.05) is 11.8 Å². The van der Waals surface area contributed by atoms with E-state index in [1.54, 1.807) is 17.8 Å². The number of hydrogen-bond acceptors (Lipinski definition) is 3. The number of halogens is 1. The summed E-state index contributed by atoms with van der Waals surface area (Å²) in [5.41, 5.74) is 0.0608. The summed E-state index contributed by atoms with van der Waals surface area (Å²) >= 11 is 7.42. The predicted octanol–water partition coefficient (Wildman–Crippen LogP) is 2.91. The lowest BCUT2D eigenvalue weighted by Crippen LogP contribution is -2.37. The Labute approximate surface area is 120 Å². The van der Waals surface area contributed by atoms with E-state index in [1.165, 1.54) is 12.1 Å². The van der Waals surface area contributed by atoms with Crippen LogP contribution in [0.15, 0.2) is 18.2 Å². The summed E-state index contributed by atoms with van der Waals surface area (Å²) in [5.74, 6) is -0.410. The molecule has 0 spiro atoms. The second-order valence-electron chi connectivity index (χ2n) is 3.92. The number of nitrogens with one attached hydrogen (secondary N) is 2. The largest absolute Gasteiger partial charge is 0.478 e. The Morgan fingerprint density at radius 1 is 1.47 bits per heavy atom. The quantitative estimate of drug-likeness (QED) is 0.781. The monoisotopic (exact) mass is 302 g/mol. The number of benzene rings is 1. The maximum absolute atomic E-state index is 11.7. The van der Waals surface area contributed by atoms with E-state index in [1.807, 2.05) is 13.2 Å². The summed E-state index contributed by atoms with van der Waals surface area (Å²) in [7, 11) is 0. The average Bonchev–Trinajstić information content (AvgIpc) is 2.28. The minimum Gasteiger partial charge on any atom is -0.478 e. The molecule has 0 saturated carbocycles. The van der Waals surface area contributed by atoms with Crippen LogP contribution < -0.4 is 10.6 Å². The lowest BCUT2D eigenvalue weighted by atomic mass is 10.2. The third-order valence-electron chi connectivity index (χ3n) is 2.27. The molecule has 3 N–H and O–H groups in total. The van der Waals surface area contributed by atoms with Crippen molar-refractivity contribution in [1.82, 2.24) is 5.32 Å². The van der Waals surface area contributed by atoms with Crippen molar-refractivity contribution in [1.29, 1.82) is 0 Å². The fraction of sp³-hybridized carbons (Fsp3) is 0.333. The van der Waals surface area contributed by atoms with Crippen LogP contribution in [0.2, 0.25) is 5.02 Å². The molecule has 0 saturated heterocycles. The molecule has 104 valence electrons. The Hall–Kier alpha value is -1.40. The number of carboxylic acids is 1. The summed E-state index contributed by atoms with van der Waals surface area (Å²) in [4.78, 5) is 22.8. The normalized spacial score (nSPS) is 11.7. The van der Waals surface area contributed by atoms with Crippen molar-refractivity contribution in [2.45, 2.75) is 13.0 Å². The van der Waals surface area contributed by atoms with Crippen LogP contribution in [0.3, 0.4) is 0 Å². The van der Waals surface area contributed by atoms with E-state index >= 15 is 0 Å². The van der Waals surface area contributed by atoms with Crippen molar-refractivity contribution in [2.75, 3.05) is 17.3 Å². The average molecular weight is 303 g/mol. The van der Waals surface area contributed by atoms with E-state index in [0.717, 1.165) is 5.75 Å². The number of aromatic carboxylic acids is 1. The Morgan fingerprint density at radius 3 is 2.74 bits per heavy atom. The maximum atomic E-state index is 11.7. The van der Waals surface area contributed by atoms with Crippen LogP contribution in [0.5, 0.6) is 0 Å². The van der Waals surface area contributed by atoms with Crippen molar-refractivity contribution in [3.05, 3.63) is 28.8 Å². The predicted molar refractivity (Wildman–Crippen MR) is 78.4 cm³/mol. The fourth-order valence-corrected chi connectivity index (χ4v) is 2.36. The van der Waals surface area contributed by atoms with E-state index in [9.17, 15) is 9.59 Å². The first-order valence-corrected chi connectivity index (χ1v) is 7.31.